The molecule has 0 fully saturated rings. The third-order valence-electron chi connectivity index (χ3n) is 3.67. The Bertz CT molecular complexity index is 695. The summed E-state index contributed by atoms with van der Waals surface area (Å²) in [6.07, 6.45) is 1.41. The fourth-order valence-corrected chi connectivity index (χ4v) is 2.54. The highest BCUT2D eigenvalue weighted by Crippen LogP contribution is 2.41. The predicted octanol–water partition coefficient (Wildman–Crippen LogP) is 4.15. The van der Waals surface area contributed by atoms with Gasteiger partial charge in [-0.15, -0.1) is 0 Å². The molecule has 0 saturated carbocycles. The molecular formula is C19H21NO3. The van der Waals surface area contributed by atoms with Crippen LogP contribution in [0.1, 0.15) is 31.2 Å². The predicted molar refractivity (Wildman–Crippen MR) is 90.2 cm³/mol. The van der Waals surface area contributed by atoms with E-state index in [1.165, 1.54) is 0 Å². The smallest absolute Gasteiger partial charge is 0.182 e. The van der Waals surface area contributed by atoms with E-state index in [4.69, 9.17) is 14.2 Å². The number of benzene rings is 2. The lowest BCUT2D eigenvalue weighted by Crippen LogP contribution is -2.21. The highest BCUT2D eigenvalue weighted by atomic mass is 16.5. The number of aliphatic imine (C=N–C) groups is 1. The van der Waals surface area contributed by atoms with Crippen molar-refractivity contribution in [3.8, 4) is 11.5 Å². The molecule has 0 amide bonds. The molecule has 0 spiro atoms. The van der Waals surface area contributed by atoms with Gasteiger partial charge >= 0.3 is 0 Å². The topological polar surface area (TPSA) is 40.0 Å². The zero-order valence-corrected chi connectivity index (χ0v) is 13.7. The van der Waals surface area contributed by atoms with Crippen molar-refractivity contribution in [2.75, 3.05) is 7.11 Å². The van der Waals surface area contributed by atoms with Crippen molar-refractivity contribution in [1.29, 1.82) is 0 Å². The second-order valence-corrected chi connectivity index (χ2v) is 6.00. The maximum absolute atomic E-state index is 6.01. The fourth-order valence-electron chi connectivity index (χ4n) is 2.54. The number of ether oxygens (including phenoxy) is 3. The first kappa shape index (κ1) is 15.6. The van der Waals surface area contributed by atoms with Gasteiger partial charge in [-0.3, -0.25) is 4.99 Å². The van der Waals surface area contributed by atoms with E-state index in [9.17, 15) is 0 Å². The van der Waals surface area contributed by atoms with Gasteiger partial charge in [-0.25, -0.2) is 0 Å². The van der Waals surface area contributed by atoms with Crippen molar-refractivity contribution in [2.45, 2.75) is 32.3 Å². The molecule has 0 radical (unpaired) electrons. The van der Waals surface area contributed by atoms with Gasteiger partial charge in [0.2, 0.25) is 0 Å². The van der Waals surface area contributed by atoms with Crippen LogP contribution < -0.4 is 9.47 Å². The molecule has 1 unspecified atom stereocenters. The van der Waals surface area contributed by atoms with Crippen molar-refractivity contribution in [2.24, 2.45) is 4.99 Å². The van der Waals surface area contributed by atoms with Crippen LogP contribution in [0.25, 0.3) is 0 Å². The van der Waals surface area contributed by atoms with Gasteiger partial charge in [-0.1, -0.05) is 36.4 Å². The van der Waals surface area contributed by atoms with Crippen LogP contribution in [0, 0.1) is 0 Å². The van der Waals surface area contributed by atoms with Crippen LogP contribution in [-0.2, 0) is 11.3 Å². The molecule has 0 N–H and O–H groups in total. The van der Waals surface area contributed by atoms with Crippen molar-refractivity contribution in [3.05, 3.63) is 59.7 Å². The minimum atomic E-state index is -0.410. The van der Waals surface area contributed by atoms with E-state index in [1.54, 1.807) is 7.11 Å². The quantitative estimate of drug-likeness (QED) is 0.832. The average Bonchev–Trinajstić information content (AvgIpc) is 2.93. The van der Waals surface area contributed by atoms with Gasteiger partial charge < -0.3 is 14.2 Å². The number of rotatable bonds is 5. The first-order valence-electron chi connectivity index (χ1n) is 7.65. The molecule has 3 rings (SSSR count). The molecule has 2 aromatic rings. The summed E-state index contributed by atoms with van der Waals surface area (Å²) in [5.41, 5.74) is 1.55. The highest BCUT2D eigenvalue weighted by Gasteiger charge is 2.32. The standard InChI is InChI=1S/C19H21NO3/c1-19(2)13-20-18(23-19)17-15(21-3)10-7-11-16(17)22-12-14-8-5-4-6-9-14/h4-11,13,18H,12H2,1-3H3. The fraction of sp³-hybridized carbons (Fsp3) is 0.316. The molecule has 120 valence electrons. The van der Waals surface area contributed by atoms with E-state index in [2.05, 4.69) is 4.99 Å². The summed E-state index contributed by atoms with van der Waals surface area (Å²) in [6.45, 7) is 4.45. The molecule has 1 heterocycles. The van der Waals surface area contributed by atoms with Crippen molar-refractivity contribution < 1.29 is 14.2 Å². The molecule has 0 aromatic heterocycles. The number of hydrogen-bond donors (Lipinski definition) is 0. The Balaban J connectivity index is 1.87. The van der Waals surface area contributed by atoms with Crippen LogP contribution >= 0.6 is 0 Å². The Morgan fingerprint density at radius 2 is 1.78 bits per heavy atom. The van der Waals surface area contributed by atoms with Crippen LogP contribution in [0.4, 0.5) is 0 Å². The largest absolute Gasteiger partial charge is 0.496 e. The third kappa shape index (κ3) is 3.54. The van der Waals surface area contributed by atoms with E-state index in [0.717, 1.165) is 22.6 Å². The van der Waals surface area contributed by atoms with Gasteiger partial charge in [0.15, 0.2) is 6.23 Å². The maximum atomic E-state index is 6.01. The van der Waals surface area contributed by atoms with Crippen LogP contribution in [0.15, 0.2) is 53.5 Å². The minimum absolute atomic E-state index is 0.387. The SMILES string of the molecule is COc1cccc(OCc2ccccc2)c1C1N=CC(C)(C)O1. The third-order valence-corrected chi connectivity index (χ3v) is 3.67. The Labute approximate surface area is 136 Å². The lowest BCUT2D eigenvalue weighted by molar-refractivity contribution is -0.00416. The van der Waals surface area contributed by atoms with Crippen molar-refractivity contribution >= 4 is 6.21 Å². The first-order valence-corrected chi connectivity index (χ1v) is 7.65. The molecule has 4 heteroatoms. The van der Waals surface area contributed by atoms with Crippen molar-refractivity contribution in [1.82, 2.24) is 0 Å². The second kappa shape index (κ2) is 6.42. The second-order valence-electron chi connectivity index (χ2n) is 6.00. The molecule has 1 atom stereocenters. The summed E-state index contributed by atoms with van der Waals surface area (Å²) in [5, 5.41) is 0. The molecule has 0 saturated heterocycles. The Kier molecular flexibility index (Phi) is 4.35. The lowest BCUT2D eigenvalue weighted by atomic mass is 10.1. The van der Waals surface area contributed by atoms with Crippen LogP contribution in [0.5, 0.6) is 11.5 Å². The summed E-state index contributed by atoms with van der Waals surface area (Å²) < 4.78 is 17.5. The van der Waals surface area contributed by atoms with Crippen LogP contribution in [0.2, 0.25) is 0 Å². The van der Waals surface area contributed by atoms with Crippen LogP contribution in [0.3, 0.4) is 0 Å². The van der Waals surface area contributed by atoms with Gasteiger partial charge in [0.25, 0.3) is 0 Å². The van der Waals surface area contributed by atoms with E-state index in [0.29, 0.717) is 6.61 Å². The lowest BCUT2D eigenvalue weighted by Gasteiger charge is -2.21. The van der Waals surface area contributed by atoms with E-state index in [1.807, 2.05) is 68.6 Å². The summed E-state index contributed by atoms with van der Waals surface area (Å²) in [6, 6.07) is 15.8. The molecule has 0 bridgehead atoms. The Morgan fingerprint density at radius 1 is 1.04 bits per heavy atom. The van der Waals surface area contributed by atoms with Gasteiger partial charge in [0.1, 0.15) is 23.7 Å². The van der Waals surface area contributed by atoms with E-state index in [-0.39, 0.29) is 5.60 Å². The normalized spacial score (nSPS) is 18.8. The molecule has 23 heavy (non-hydrogen) atoms. The average molecular weight is 311 g/mol. The molecule has 0 aliphatic carbocycles. The Morgan fingerprint density at radius 3 is 2.43 bits per heavy atom. The van der Waals surface area contributed by atoms with Crippen molar-refractivity contribution in [3.63, 3.8) is 0 Å². The summed E-state index contributed by atoms with van der Waals surface area (Å²) in [7, 11) is 1.64. The van der Waals surface area contributed by atoms with Gasteiger partial charge in [0, 0.05) is 6.21 Å². The number of nitrogens with zero attached hydrogens (tertiary/aromatic N) is 1. The Hall–Kier alpha value is -2.33. The van der Waals surface area contributed by atoms with E-state index < -0.39 is 6.23 Å². The van der Waals surface area contributed by atoms with Gasteiger partial charge in [-0.05, 0) is 31.5 Å². The highest BCUT2D eigenvalue weighted by molar-refractivity contribution is 5.70. The van der Waals surface area contributed by atoms with Gasteiger partial charge in [0.05, 0.1) is 12.7 Å². The summed E-state index contributed by atoms with van der Waals surface area (Å²) in [4.78, 5) is 4.48. The molecule has 1 aliphatic rings. The minimum Gasteiger partial charge on any atom is -0.496 e. The molecule has 4 nitrogen and oxygen atoms in total. The maximum Gasteiger partial charge on any atom is 0.182 e. The van der Waals surface area contributed by atoms with Crippen LogP contribution in [-0.4, -0.2) is 18.9 Å². The zero-order chi connectivity index (χ0) is 16.3. The monoisotopic (exact) mass is 311 g/mol. The summed E-state index contributed by atoms with van der Waals surface area (Å²) in [5.74, 6) is 1.45. The zero-order valence-electron chi connectivity index (χ0n) is 13.7. The number of hydrogen-bond acceptors (Lipinski definition) is 4. The molecular weight excluding hydrogens is 290 g/mol. The summed E-state index contributed by atoms with van der Waals surface area (Å²) >= 11 is 0. The van der Waals surface area contributed by atoms with Gasteiger partial charge in [-0.2, -0.15) is 0 Å². The van der Waals surface area contributed by atoms with E-state index >= 15 is 0 Å². The number of methoxy groups -OCH3 is 1. The first-order chi connectivity index (χ1) is 11.1. The molecule has 1 aliphatic heterocycles. The molecule has 2 aromatic carbocycles.